The van der Waals surface area contributed by atoms with E-state index in [2.05, 4.69) is 28.2 Å². The summed E-state index contributed by atoms with van der Waals surface area (Å²) < 4.78 is 3.42. The van der Waals surface area contributed by atoms with Crippen molar-refractivity contribution in [1.29, 1.82) is 0 Å². The number of fused-ring (bicyclic) bond motifs is 2. The van der Waals surface area contributed by atoms with Crippen molar-refractivity contribution < 1.29 is 5.21 Å². The van der Waals surface area contributed by atoms with E-state index in [0.29, 0.717) is 24.3 Å². The van der Waals surface area contributed by atoms with Crippen LogP contribution in [0.2, 0.25) is 0 Å². The van der Waals surface area contributed by atoms with Gasteiger partial charge in [-0.3, -0.25) is 14.6 Å². The van der Waals surface area contributed by atoms with Crippen molar-refractivity contribution in [3.05, 3.63) is 99.7 Å². The van der Waals surface area contributed by atoms with Gasteiger partial charge < -0.3 is 20.7 Å². The van der Waals surface area contributed by atoms with Gasteiger partial charge in [0.1, 0.15) is 0 Å². The van der Waals surface area contributed by atoms with E-state index >= 15 is 0 Å². The van der Waals surface area contributed by atoms with Crippen LogP contribution in [-0.4, -0.2) is 24.3 Å². The monoisotopic (exact) mass is 427 g/mol. The molecule has 0 radical (unpaired) electrons. The molecule has 0 aliphatic heterocycles. The smallest absolute Gasteiger partial charge is 0.300 e. The third-order valence-electron chi connectivity index (χ3n) is 5.43. The van der Waals surface area contributed by atoms with E-state index in [1.807, 2.05) is 24.3 Å². The zero-order valence-corrected chi connectivity index (χ0v) is 16.9. The van der Waals surface area contributed by atoms with Crippen LogP contribution in [-0.2, 0) is 13.1 Å². The van der Waals surface area contributed by atoms with Gasteiger partial charge in [0.25, 0.3) is 0 Å². The second-order valence-corrected chi connectivity index (χ2v) is 7.53. The summed E-state index contributed by atoms with van der Waals surface area (Å²) in [7, 11) is 0. The number of aromatic nitrogens is 4. The number of rotatable bonds is 5. The second-order valence-electron chi connectivity index (χ2n) is 7.53. The summed E-state index contributed by atoms with van der Waals surface area (Å²) >= 11 is 0. The molecule has 0 amide bonds. The van der Waals surface area contributed by atoms with Crippen molar-refractivity contribution in [1.82, 2.24) is 19.1 Å². The van der Waals surface area contributed by atoms with Crippen molar-refractivity contribution in [2.75, 3.05) is 11.0 Å². The summed E-state index contributed by atoms with van der Waals surface area (Å²) in [4.78, 5) is 21.1. The molecule has 0 atom stereocenters. The molecule has 160 valence electrons. The summed E-state index contributed by atoms with van der Waals surface area (Å²) in [5.74, 6) is 0.0511. The number of nitrogens with two attached hydrogens (primary N) is 1. The van der Waals surface area contributed by atoms with Gasteiger partial charge in [-0.25, -0.2) is 4.98 Å². The molecule has 9 nitrogen and oxygen atoms in total. The lowest BCUT2D eigenvalue weighted by Crippen LogP contribution is -2.20. The Morgan fingerprint density at radius 3 is 2.44 bits per heavy atom. The minimum absolute atomic E-state index is 0.0511. The maximum atomic E-state index is 12.7. The predicted molar refractivity (Wildman–Crippen MR) is 122 cm³/mol. The molecule has 2 heterocycles. The first-order valence-corrected chi connectivity index (χ1v) is 9.93. The molecule has 0 aliphatic carbocycles. The van der Waals surface area contributed by atoms with Crippen LogP contribution in [0.25, 0.3) is 21.9 Å². The fraction of sp³-hybridized carbons (Fsp3) is 0.0870. The standard InChI is InChI=1S/C23H19N6O3/c24-23-26-22(30)20-21(28(23)13-15-6-9-19(10-7-15)29(31)32)25-14-27(20)12-16-5-8-17-3-1-2-4-18(17)11-16/h1-11,14,31H,12-13H2,(H2,24,26,30)/q-1. The molecular weight excluding hydrogens is 408 g/mol. The molecule has 0 fully saturated rings. The first kappa shape index (κ1) is 19.7. The largest absolute Gasteiger partial charge is 0.733 e. The molecule has 0 aliphatic rings. The van der Waals surface area contributed by atoms with E-state index in [-0.39, 0.29) is 16.9 Å². The van der Waals surface area contributed by atoms with Crippen LogP contribution in [0.15, 0.2) is 77.9 Å². The van der Waals surface area contributed by atoms with Crippen molar-refractivity contribution in [3.63, 3.8) is 0 Å². The molecule has 3 aromatic carbocycles. The topological polar surface area (TPSA) is 125 Å². The second kappa shape index (κ2) is 7.80. The Morgan fingerprint density at radius 2 is 1.69 bits per heavy atom. The number of hydrogen-bond donors (Lipinski definition) is 2. The zero-order chi connectivity index (χ0) is 22.2. The average molecular weight is 427 g/mol. The molecule has 0 spiro atoms. The fourth-order valence-electron chi connectivity index (χ4n) is 3.83. The van der Waals surface area contributed by atoms with E-state index in [1.54, 1.807) is 27.6 Å². The van der Waals surface area contributed by atoms with Gasteiger partial charge in [-0.15, -0.1) is 0 Å². The van der Waals surface area contributed by atoms with Gasteiger partial charge in [0, 0.05) is 6.54 Å². The zero-order valence-electron chi connectivity index (χ0n) is 16.9. The summed E-state index contributed by atoms with van der Waals surface area (Å²) in [5, 5.41) is 22.1. The third-order valence-corrected chi connectivity index (χ3v) is 5.43. The van der Waals surface area contributed by atoms with Crippen molar-refractivity contribution >= 4 is 33.6 Å². The number of nitrogen functional groups attached to an aromatic ring is 1. The normalized spacial score (nSPS) is 11.3. The number of benzene rings is 3. The SMILES string of the molecule is Nc1nc(=O)c2c(ncn2Cc2ccc3ccccc3c2)n1Cc1ccc(N([O-])O)cc1. The lowest BCUT2D eigenvalue weighted by Gasteiger charge is -2.21. The highest BCUT2D eigenvalue weighted by atomic mass is 16.8. The van der Waals surface area contributed by atoms with E-state index < -0.39 is 5.56 Å². The molecule has 0 saturated heterocycles. The molecule has 9 heteroatoms. The van der Waals surface area contributed by atoms with Gasteiger partial charge >= 0.3 is 5.56 Å². The van der Waals surface area contributed by atoms with Gasteiger partial charge in [0.15, 0.2) is 11.2 Å². The molecule has 5 aromatic rings. The number of imidazole rings is 1. The Bertz CT molecular complexity index is 1490. The van der Waals surface area contributed by atoms with E-state index in [1.165, 1.54) is 12.1 Å². The van der Waals surface area contributed by atoms with E-state index in [9.17, 15) is 10.0 Å². The highest BCUT2D eigenvalue weighted by Gasteiger charge is 2.15. The van der Waals surface area contributed by atoms with Crippen LogP contribution in [0.5, 0.6) is 0 Å². The van der Waals surface area contributed by atoms with Crippen LogP contribution < -0.4 is 16.5 Å². The molecular formula is C23H19N6O3-. The lowest BCUT2D eigenvalue weighted by atomic mass is 10.1. The van der Waals surface area contributed by atoms with Gasteiger partial charge in [-0.2, -0.15) is 4.98 Å². The molecule has 3 N–H and O–H groups in total. The Balaban J connectivity index is 1.52. The van der Waals surface area contributed by atoms with Crippen molar-refractivity contribution in [3.8, 4) is 0 Å². The van der Waals surface area contributed by atoms with Crippen molar-refractivity contribution in [2.45, 2.75) is 13.1 Å². The molecule has 2 aromatic heterocycles. The summed E-state index contributed by atoms with van der Waals surface area (Å²) in [6, 6.07) is 20.6. The molecule has 0 bridgehead atoms. The first-order chi connectivity index (χ1) is 15.5. The Kier molecular flexibility index (Phi) is 4.81. The predicted octanol–water partition coefficient (Wildman–Crippen LogP) is 3.12. The highest BCUT2D eigenvalue weighted by molar-refractivity contribution is 5.83. The minimum atomic E-state index is -0.440. The summed E-state index contributed by atoms with van der Waals surface area (Å²) in [6.07, 6.45) is 1.61. The molecule has 5 rings (SSSR count). The Morgan fingerprint density at radius 1 is 0.969 bits per heavy atom. The Labute approximate surface area is 182 Å². The minimum Gasteiger partial charge on any atom is -0.733 e. The van der Waals surface area contributed by atoms with Gasteiger partial charge in [-0.1, -0.05) is 48.5 Å². The van der Waals surface area contributed by atoms with E-state index in [4.69, 9.17) is 10.9 Å². The summed E-state index contributed by atoms with van der Waals surface area (Å²) in [6.45, 7) is 0.764. The average Bonchev–Trinajstić information content (AvgIpc) is 3.21. The van der Waals surface area contributed by atoms with Crippen LogP contribution in [0.3, 0.4) is 0 Å². The molecule has 32 heavy (non-hydrogen) atoms. The first-order valence-electron chi connectivity index (χ1n) is 9.93. The number of anilines is 2. The van der Waals surface area contributed by atoms with Crippen LogP contribution in [0, 0.1) is 5.21 Å². The van der Waals surface area contributed by atoms with Gasteiger partial charge in [0.2, 0.25) is 5.95 Å². The van der Waals surface area contributed by atoms with Crippen LogP contribution >= 0.6 is 0 Å². The Hall–Kier alpha value is -4.21. The number of hydrogen-bond acceptors (Lipinski definition) is 7. The number of nitrogens with zero attached hydrogens (tertiary/aromatic N) is 5. The van der Waals surface area contributed by atoms with Crippen LogP contribution in [0.4, 0.5) is 11.6 Å². The van der Waals surface area contributed by atoms with Gasteiger partial charge in [-0.05, 0) is 40.1 Å². The highest BCUT2D eigenvalue weighted by Crippen LogP contribution is 2.20. The lowest BCUT2D eigenvalue weighted by molar-refractivity contribution is 0.296. The quantitative estimate of drug-likeness (QED) is 0.413. The third kappa shape index (κ3) is 3.55. The van der Waals surface area contributed by atoms with Gasteiger partial charge in [0.05, 0.1) is 18.6 Å². The summed E-state index contributed by atoms with van der Waals surface area (Å²) in [5.41, 5.74) is 8.35. The maximum absolute atomic E-state index is 12.7. The van der Waals surface area contributed by atoms with Crippen molar-refractivity contribution in [2.24, 2.45) is 0 Å². The molecule has 0 unspecified atom stereocenters. The van der Waals surface area contributed by atoms with E-state index in [0.717, 1.165) is 21.9 Å². The van der Waals surface area contributed by atoms with Crippen LogP contribution in [0.1, 0.15) is 11.1 Å². The fourth-order valence-corrected chi connectivity index (χ4v) is 3.83. The maximum Gasteiger partial charge on any atom is 0.300 e. The molecule has 0 saturated carbocycles.